The Morgan fingerprint density at radius 3 is 2.38 bits per heavy atom. The maximum absolute atomic E-state index is 10.8. The number of carboxylic acids is 1. The van der Waals surface area contributed by atoms with E-state index in [1.807, 2.05) is 0 Å². The summed E-state index contributed by atoms with van der Waals surface area (Å²) in [6, 6.07) is 0. The van der Waals surface area contributed by atoms with Crippen molar-refractivity contribution >= 4 is 64.8 Å². The second-order valence-corrected chi connectivity index (χ2v) is 5.39. The number of hydrogen-bond donors (Lipinski definition) is 2. The van der Waals surface area contributed by atoms with E-state index in [9.17, 15) is 4.79 Å². The molecular weight excluding hydrogens is 410 g/mol. The number of hydrogen-bond acceptors (Lipinski definition) is 3. The first-order valence-corrected chi connectivity index (χ1v) is 6.48. The molecule has 0 aliphatic heterocycles. The first kappa shape index (κ1) is 12.0. The lowest BCUT2D eigenvalue weighted by atomic mass is 10.1. The molecule has 0 aliphatic carbocycles. The van der Waals surface area contributed by atoms with Gasteiger partial charge < -0.3 is 5.11 Å². The van der Waals surface area contributed by atoms with Crippen molar-refractivity contribution in [2.45, 2.75) is 6.42 Å². The number of benzene rings is 1. The van der Waals surface area contributed by atoms with Crippen LogP contribution in [0.25, 0.3) is 11.0 Å². The highest BCUT2D eigenvalue weighted by atomic mass is 79.9. The van der Waals surface area contributed by atoms with Gasteiger partial charge >= 0.3 is 5.97 Å². The average molecular weight is 414 g/mol. The highest BCUT2D eigenvalue weighted by molar-refractivity contribution is 9.14. The summed E-state index contributed by atoms with van der Waals surface area (Å²) in [5.74, 6) is -0.917. The fourth-order valence-corrected chi connectivity index (χ4v) is 3.04. The molecule has 0 saturated heterocycles. The number of fused-ring (bicyclic) bond motifs is 1. The van der Waals surface area contributed by atoms with Gasteiger partial charge in [-0.3, -0.25) is 4.79 Å². The van der Waals surface area contributed by atoms with Gasteiger partial charge in [0.1, 0.15) is 11.0 Å². The molecule has 2 aromatic rings. The minimum atomic E-state index is -0.917. The molecule has 1 heterocycles. The lowest BCUT2D eigenvalue weighted by Crippen LogP contribution is -2.02. The molecule has 0 unspecified atom stereocenters. The van der Waals surface area contributed by atoms with Gasteiger partial charge in [-0.15, -0.1) is 0 Å². The first-order chi connectivity index (χ1) is 7.52. The zero-order valence-corrected chi connectivity index (χ0v) is 12.3. The molecule has 8 heteroatoms. The zero-order chi connectivity index (χ0) is 11.9. The largest absolute Gasteiger partial charge is 0.481 e. The van der Waals surface area contributed by atoms with E-state index in [1.165, 1.54) is 0 Å². The number of carbonyl (C=O) groups is 1. The summed E-state index contributed by atoms with van der Waals surface area (Å²) in [5.41, 5.74) is 1.74. The topological polar surface area (TPSA) is 78.9 Å². The molecule has 0 saturated carbocycles. The summed E-state index contributed by atoms with van der Waals surface area (Å²) < 4.78 is 2.13. The van der Waals surface area contributed by atoms with Crippen LogP contribution in [-0.2, 0) is 11.2 Å². The highest BCUT2D eigenvalue weighted by Gasteiger charge is 2.19. The van der Waals surface area contributed by atoms with Gasteiger partial charge in [-0.1, -0.05) is 0 Å². The molecule has 0 aliphatic rings. The van der Waals surface area contributed by atoms with Crippen LogP contribution in [0, 0.1) is 0 Å². The number of aromatic nitrogens is 3. The van der Waals surface area contributed by atoms with Crippen LogP contribution in [0.15, 0.2) is 13.4 Å². The molecule has 0 atom stereocenters. The number of aromatic amines is 1. The normalized spacial score (nSPS) is 10.9. The Morgan fingerprint density at radius 2 is 1.75 bits per heavy atom. The van der Waals surface area contributed by atoms with E-state index in [4.69, 9.17) is 5.11 Å². The van der Waals surface area contributed by atoms with Crippen molar-refractivity contribution in [2.75, 3.05) is 0 Å². The molecule has 1 aromatic carbocycles. The molecule has 16 heavy (non-hydrogen) atoms. The second-order valence-electron chi connectivity index (χ2n) is 3.01. The van der Waals surface area contributed by atoms with E-state index >= 15 is 0 Å². The minimum absolute atomic E-state index is 0.116. The Bertz CT molecular complexity index is 581. The number of nitrogens with zero attached hydrogens (tertiary/aromatic N) is 2. The van der Waals surface area contributed by atoms with Crippen LogP contribution >= 0.6 is 47.8 Å². The number of H-pyrrole nitrogens is 1. The van der Waals surface area contributed by atoms with Gasteiger partial charge in [0, 0.05) is 14.5 Å². The van der Waals surface area contributed by atoms with Crippen molar-refractivity contribution in [3.05, 3.63) is 19.0 Å². The average Bonchev–Trinajstić information content (AvgIpc) is 2.69. The van der Waals surface area contributed by atoms with Crippen molar-refractivity contribution < 1.29 is 9.90 Å². The molecular formula is C8H4Br3N3O2. The molecule has 2 N–H and O–H groups in total. The standard InChI is InChI=1S/C8H4Br3N3O2/c9-4-2(1-3(15)16)7-8(13-14-12-7)6(11)5(4)10/h1H2,(H,15,16)(H,12,13,14). The molecule has 0 amide bonds. The highest BCUT2D eigenvalue weighted by Crippen LogP contribution is 2.39. The lowest BCUT2D eigenvalue weighted by molar-refractivity contribution is -0.136. The van der Waals surface area contributed by atoms with Gasteiger partial charge in [0.25, 0.3) is 0 Å². The Labute approximate surface area is 115 Å². The Balaban J connectivity index is 2.80. The van der Waals surface area contributed by atoms with Crippen LogP contribution in [0.1, 0.15) is 5.56 Å². The van der Waals surface area contributed by atoms with E-state index in [0.29, 0.717) is 21.1 Å². The van der Waals surface area contributed by atoms with Gasteiger partial charge in [-0.05, 0) is 47.8 Å². The predicted molar refractivity (Wildman–Crippen MR) is 68.3 cm³/mol. The monoisotopic (exact) mass is 411 g/mol. The van der Waals surface area contributed by atoms with Crippen molar-refractivity contribution in [1.29, 1.82) is 0 Å². The fraction of sp³-hybridized carbons (Fsp3) is 0.125. The third-order valence-corrected chi connectivity index (χ3v) is 5.52. The molecule has 0 bridgehead atoms. The van der Waals surface area contributed by atoms with Crippen LogP contribution in [-0.4, -0.2) is 26.5 Å². The quantitative estimate of drug-likeness (QED) is 0.742. The van der Waals surface area contributed by atoms with Gasteiger partial charge in [0.2, 0.25) is 0 Å². The molecule has 0 spiro atoms. The number of nitrogens with one attached hydrogen (secondary N) is 1. The summed E-state index contributed by atoms with van der Waals surface area (Å²) in [6.07, 6.45) is -0.116. The number of carboxylic acid groups (broad SMARTS) is 1. The van der Waals surface area contributed by atoms with E-state index < -0.39 is 5.97 Å². The summed E-state index contributed by atoms with van der Waals surface area (Å²) in [6.45, 7) is 0. The van der Waals surface area contributed by atoms with Crippen LogP contribution in [0.4, 0.5) is 0 Å². The van der Waals surface area contributed by atoms with Crippen LogP contribution in [0.3, 0.4) is 0 Å². The molecule has 1 aromatic heterocycles. The minimum Gasteiger partial charge on any atom is -0.481 e. The number of halogens is 3. The maximum Gasteiger partial charge on any atom is 0.307 e. The van der Waals surface area contributed by atoms with Gasteiger partial charge in [-0.2, -0.15) is 15.4 Å². The van der Waals surface area contributed by atoms with Crippen molar-refractivity contribution in [3.8, 4) is 0 Å². The molecule has 0 radical (unpaired) electrons. The van der Waals surface area contributed by atoms with E-state index in [2.05, 4.69) is 63.2 Å². The van der Waals surface area contributed by atoms with Crippen molar-refractivity contribution in [2.24, 2.45) is 0 Å². The van der Waals surface area contributed by atoms with Crippen LogP contribution in [0.2, 0.25) is 0 Å². The zero-order valence-electron chi connectivity index (χ0n) is 7.59. The first-order valence-electron chi connectivity index (χ1n) is 4.10. The lowest BCUT2D eigenvalue weighted by Gasteiger charge is -2.06. The van der Waals surface area contributed by atoms with Crippen molar-refractivity contribution in [3.63, 3.8) is 0 Å². The fourth-order valence-electron chi connectivity index (χ4n) is 1.34. The summed E-state index contributed by atoms with van der Waals surface area (Å²) in [7, 11) is 0. The maximum atomic E-state index is 10.8. The second kappa shape index (κ2) is 4.42. The van der Waals surface area contributed by atoms with Gasteiger partial charge in [0.05, 0.1) is 10.9 Å². The van der Waals surface area contributed by atoms with E-state index in [0.717, 1.165) is 8.95 Å². The molecule has 84 valence electrons. The van der Waals surface area contributed by atoms with Gasteiger partial charge in [0.15, 0.2) is 0 Å². The van der Waals surface area contributed by atoms with Crippen LogP contribution < -0.4 is 0 Å². The summed E-state index contributed by atoms with van der Waals surface area (Å²) >= 11 is 10.1. The van der Waals surface area contributed by atoms with Crippen LogP contribution in [0.5, 0.6) is 0 Å². The van der Waals surface area contributed by atoms with E-state index in [-0.39, 0.29) is 6.42 Å². The number of rotatable bonds is 2. The molecule has 0 fully saturated rings. The van der Waals surface area contributed by atoms with Gasteiger partial charge in [-0.25, -0.2) is 0 Å². The Hall–Kier alpha value is -0.470. The third kappa shape index (κ3) is 1.89. The summed E-state index contributed by atoms with van der Waals surface area (Å²) in [4.78, 5) is 10.8. The predicted octanol–water partition coefficient (Wildman–Crippen LogP) is 2.87. The third-order valence-electron chi connectivity index (χ3n) is 2.02. The molecule has 2 rings (SSSR count). The summed E-state index contributed by atoms with van der Waals surface area (Å²) in [5, 5.41) is 19.2. The Kier molecular flexibility index (Phi) is 3.32. The smallest absolute Gasteiger partial charge is 0.307 e. The van der Waals surface area contributed by atoms with E-state index in [1.54, 1.807) is 0 Å². The Morgan fingerprint density at radius 1 is 1.12 bits per heavy atom. The SMILES string of the molecule is O=C(O)Cc1c(Br)c(Br)c(Br)c2n[nH]nc12. The van der Waals surface area contributed by atoms with Crippen molar-refractivity contribution in [1.82, 2.24) is 15.4 Å². The number of aliphatic carboxylic acids is 1. The molecule has 5 nitrogen and oxygen atoms in total.